The van der Waals surface area contributed by atoms with Gasteiger partial charge in [-0.1, -0.05) is 37.3 Å². The van der Waals surface area contributed by atoms with Gasteiger partial charge in [-0.2, -0.15) is 11.8 Å². The Hall–Kier alpha value is -0.760. The zero-order chi connectivity index (χ0) is 9.52. The van der Waals surface area contributed by atoms with E-state index >= 15 is 0 Å². The van der Waals surface area contributed by atoms with E-state index in [-0.39, 0.29) is 0 Å². The molecule has 2 heteroatoms. The molecule has 0 amide bonds. The zero-order valence-electron chi connectivity index (χ0n) is 7.77. The van der Waals surface area contributed by atoms with Crippen molar-refractivity contribution in [2.45, 2.75) is 24.3 Å². The van der Waals surface area contributed by atoms with Gasteiger partial charge in [-0.3, -0.25) is 0 Å². The van der Waals surface area contributed by atoms with Crippen molar-refractivity contribution in [2.75, 3.05) is 0 Å². The number of benzene rings is 1. The lowest BCUT2D eigenvalue weighted by atomic mass is 10.2. The first kappa shape index (κ1) is 10.3. The summed E-state index contributed by atoms with van der Waals surface area (Å²) in [4.78, 5) is 10.2. The molecule has 1 nitrogen and oxygen atoms in total. The molecule has 0 aliphatic carbocycles. The lowest BCUT2D eigenvalue weighted by molar-refractivity contribution is -0.107. The van der Waals surface area contributed by atoms with E-state index in [2.05, 4.69) is 19.1 Å². The smallest absolute Gasteiger partial charge is 0.121 e. The van der Waals surface area contributed by atoms with E-state index in [9.17, 15) is 4.79 Å². The Kier molecular flexibility index (Phi) is 4.61. The quantitative estimate of drug-likeness (QED) is 0.670. The first-order valence-electron chi connectivity index (χ1n) is 4.42. The van der Waals surface area contributed by atoms with Gasteiger partial charge >= 0.3 is 0 Å². The van der Waals surface area contributed by atoms with Crippen LogP contribution >= 0.6 is 11.8 Å². The third-order valence-electron chi connectivity index (χ3n) is 1.81. The summed E-state index contributed by atoms with van der Waals surface area (Å²) in [6, 6.07) is 10.3. The molecule has 1 aromatic carbocycles. The largest absolute Gasteiger partial charge is 0.303 e. The Bertz CT molecular complexity index is 246. The van der Waals surface area contributed by atoms with Gasteiger partial charge in [-0.05, 0) is 5.56 Å². The van der Waals surface area contributed by atoms with E-state index in [1.54, 1.807) is 0 Å². The fraction of sp³-hybridized carbons (Fsp3) is 0.364. The minimum atomic E-state index is 0.428. The Balaban J connectivity index is 2.30. The predicted octanol–water partition coefficient (Wildman–Crippen LogP) is 2.90. The fourth-order valence-corrected chi connectivity index (χ4v) is 1.90. The second-order valence-corrected chi connectivity index (χ2v) is 4.44. The van der Waals surface area contributed by atoms with Crippen LogP contribution in [0.25, 0.3) is 0 Å². The molecule has 0 aromatic heterocycles. The molecule has 0 fully saturated rings. The molecule has 0 unspecified atom stereocenters. The van der Waals surface area contributed by atoms with Gasteiger partial charge in [0, 0.05) is 17.4 Å². The van der Waals surface area contributed by atoms with E-state index in [0.29, 0.717) is 11.7 Å². The van der Waals surface area contributed by atoms with Crippen molar-refractivity contribution in [3.05, 3.63) is 35.9 Å². The van der Waals surface area contributed by atoms with Crippen LogP contribution in [0.1, 0.15) is 18.9 Å². The highest BCUT2D eigenvalue weighted by Gasteiger charge is 2.01. The van der Waals surface area contributed by atoms with E-state index in [1.165, 1.54) is 5.56 Å². The summed E-state index contributed by atoms with van der Waals surface area (Å²) in [7, 11) is 0. The number of aldehydes is 1. The fourth-order valence-electron chi connectivity index (χ4n) is 1.02. The molecule has 0 N–H and O–H groups in total. The van der Waals surface area contributed by atoms with Gasteiger partial charge in [0.25, 0.3) is 0 Å². The van der Waals surface area contributed by atoms with Crippen molar-refractivity contribution in [3.63, 3.8) is 0 Å². The molecular formula is C11H14OS. The van der Waals surface area contributed by atoms with Crippen LogP contribution in [0.2, 0.25) is 0 Å². The van der Waals surface area contributed by atoms with Crippen molar-refractivity contribution in [1.82, 2.24) is 0 Å². The molecule has 1 atom stereocenters. The summed E-state index contributed by atoms with van der Waals surface area (Å²) >= 11 is 1.82. The van der Waals surface area contributed by atoms with Crippen molar-refractivity contribution < 1.29 is 4.79 Å². The Morgan fingerprint density at radius 1 is 1.38 bits per heavy atom. The van der Waals surface area contributed by atoms with Gasteiger partial charge in [-0.25, -0.2) is 0 Å². The maximum atomic E-state index is 10.2. The van der Waals surface area contributed by atoms with E-state index in [1.807, 2.05) is 30.0 Å². The SMILES string of the molecule is C[C@H](CC=O)SCc1ccccc1. The monoisotopic (exact) mass is 194 g/mol. The van der Waals surface area contributed by atoms with Crippen molar-refractivity contribution >= 4 is 18.0 Å². The summed E-state index contributed by atoms with van der Waals surface area (Å²) in [5.41, 5.74) is 1.32. The molecule has 0 aliphatic rings. The number of rotatable bonds is 5. The van der Waals surface area contributed by atoms with Crippen molar-refractivity contribution in [3.8, 4) is 0 Å². The minimum Gasteiger partial charge on any atom is -0.303 e. The molecule has 0 bridgehead atoms. The van der Waals surface area contributed by atoms with Crippen molar-refractivity contribution in [2.24, 2.45) is 0 Å². The topological polar surface area (TPSA) is 17.1 Å². The highest BCUT2D eigenvalue weighted by Crippen LogP contribution is 2.18. The summed E-state index contributed by atoms with van der Waals surface area (Å²) < 4.78 is 0. The van der Waals surface area contributed by atoms with Gasteiger partial charge in [0.1, 0.15) is 6.29 Å². The molecule has 0 saturated carbocycles. The van der Waals surface area contributed by atoms with Crippen LogP contribution in [0.3, 0.4) is 0 Å². The van der Waals surface area contributed by atoms with Gasteiger partial charge in [-0.15, -0.1) is 0 Å². The highest BCUT2D eigenvalue weighted by molar-refractivity contribution is 7.99. The first-order chi connectivity index (χ1) is 6.33. The molecule has 0 heterocycles. The van der Waals surface area contributed by atoms with Crippen LogP contribution in [0.5, 0.6) is 0 Å². The molecule has 1 aromatic rings. The first-order valence-corrected chi connectivity index (χ1v) is 5.47. The van der Waals surface area contributed by atoms with Crippen LogP contribution in [0, 0.1) is 0 Å². The lowest BCUT2D eigenvalue weighted by Gasteiger charge is -2.06. The van der Waals surface area contributed by atoms with Crippen LogP contribution < -0.4 is 0 Å². The van der Waals surface area contributed by atoms with Gasteiger partial charge in [0.05, 0.1) is 0 Å². The number of carbonyl (C=O) groups excluding carboxylic acids is 1. The van der Waals surface area contributed by atoms with E-state index in [4.69, 9.17) is 0 Å². The standard InChI is InChI=1S/C11H14OS/c1-10(7-8-12)13-9-11-5-3-2-4-6-11/h2-6,8,10H,7,9H2,1H3/t10-/m1/s1. The van der Waals surface area contributed by atoms with Crippen LogP contribution in [-0.4, -0.2) is 11.5 Å². The van der Waals surface area contributed by atoms with Gasteiger partial charge in [0.2, 0.25) is 0 Å². The number of carbonyl (C=O) groups is 1. The summed E-state index contributed by atoms with van der Waals surface area (Å²) in [6.45, 7) is 2.09. The maximum absolute atomic E-state index is 10.2. The average Bonchev–Trinajstić information content (AvgIpc) is 2.17. The second kappa shape index (κ2) is 5.81. The van der Waals surface area contributed by atoms with Gasteiger partial charge in [0.15, 0.2) is 0 Å². The zero-order valence-corrected chi connectivity index (χ0v) is 8.59. The summed E-state index contributed by atoms with van der Waals surface area (Å²) in [6.07, 6.45) is 1.64. The number of thioether (sulfide) groups is 1. The number of hydrogen-bond acceptors (Lipinski definition) is 2. The summed E-state index contributed by atoms with van der Waals surface area (Å²) in [5, 5.41) is 0.428. The average molecular weight is 194 g/mol. The van der Waals surface area contributed by atoms with E-state index in [0.717, 1.165) is 12.0 Å². The molecule has 0 radical (unpaired) electrons. The maximum Gasteiger partial charge on any atom is 0.121 e. The Morgan fingerprint density at radius 2 is 2.08 bits per heavy atom. The lowest BCUT2D eigenvalue weighted by Crippen LogP contribution is -1.96. The molecule has 13 heavy (non-hydrogen) atoms. The predicted molar refractivity (Wildman–Crippen MR) is 57.9 cm³/mol. The van der Waals surface area contributed by atoms with Crippen molar-refractivity contribution in [1.29, 1.82) is 0 Å². The molecule has 70 valence electrons. The number of hydrogen-bond donors (Lipinski definition) is 0. The Morgan fingerprint density at radius 3 is 2.69 bits per heavy atom. The molecule has 0 aliphatic heterocycles. The van der Waals surface area contributed by atoms with E-state index < -0.39 is 0 Å². The highest BCUT2D eigenvalue weighted by atomic mass is 32.2. The van der Waals surface area contributed by atoms with Crippen LogP contribution in [-0.2, 0) is 10.5 Å². The third-order valence-corrected chi connectivity index (χ3v) is 3.07. The normalized spacial score (nSPS) is 12.4. The minimum absolute atomic E-state index is 0.428. The third kappa shape index (κ3) is 4.13. The summed E-state index contributed by atoms with van der Waals surface area (Å²) in [5.74, 6) is 0.996. The Labute approximate surface area is 83.5 Å². The molecule has 0 spiro atoms. The van der Waals surface area contributed by atoms with Gasteiger partial charge < -0.3 is 4.79 Å². The van der Waals surface area contributed by atoms with Crippen LogP contribution in [0.4, 0.5) is 0 Å². The molecule has 1 rings (SSSR count). The van der Waals surface area contributed by atoms with Crippen LogP contribution in [0.15, 0.2) is 30.3 Å². The molecule has 0 saturated heterocycles. The second-order valence-electron chi connectivity index (χ2n) is 3.01. The molecular weight excluding hydrogens is 180 g/mol.